The minimum atomic E-state index is -0.897. The molecule has 1 saturated heterocycles. The molecule has 3 nitrogen and oxygen atoms in total. The lowest BCUT2D eigenvalue weighted by atomic mass is 10.2. The maximum absolute atomic E-state index is 13.3. The highest BCUT2D eigenvalue weighted by molar-refractivity contribution is 5.44. The summed E-state index contributed by atoms with van der Waals surface area (Å²) in [6.45, 7) is 2.80. The van der Waals surface area contributed by atoms with E-state index in [9.17, 15) is 13.9 Å². The molecule has 2 rings (SSSR count). The second kappa shape index (κ2) is 6.11. The van der Waals surface area contributed by atoms with Crippen molar-refractivity contribution in [3.63, 3.8) is 0 Å². The fraction of sp³-hybridized carbons (Fsp3) is 0.538. The number of nitrogens with one attached hydrogen (secondary N) is 1. The molecule has 18 heavy (non-hydrogen) atoms. The maximum atomic E-state index is 13.3. The molecule has 1 atom stereocenters. The summed E-state index contributed by atoms with van der Waals surface area (Å²) in [6.07, 6.45) is 1.75. The Bertz CT molecular complexity index is 395. The highest BCUT2D eigenvalue weighted by Crippen LogP contribution is 2.16. The van der Waals surface area contributed by atoms with Crippen LogP contribution in [0.25, 0.3) is 0 Å². The Kier molecular flexibility index (Phi) is 4.49. The van der Waals surface area contributed by atoms with Gasteiger partial charge in [0.2, 0.25) is 0 Å². The van der Waals surface area contributed by atoms with Crippen LogP contribution in [0.3, 0.4) is 0 Å². The average molecular weight is 256 g/mol. The second-order valence-corrected chi connectivity index (χ2v) is 4.64. The molecule has 5 heteroatoms. The van der Waals surface area contributed by atoms with Gasteiger partial charge in [-0.15, -0.1) is 0 Å². The number of nitrogens with zero attached hydrogens (tertiary/aromatic N) is 1. The number of aliphatic hydroxyl groups is 1. The van der Waals surface area contributed by atoms with Crippen LogP contribution in [0.4, 0.5) is 14.5 Å². The number of halogens is 2. The molecule has 100 valence electrons. The first-order valence-corrected chi connectivity index (χ1v) is 6.25. The minimum absolute atomic E-state index is 0.0930. The Hall–Kier alpha value is -1.20. The van der Waals surface area contributed by atoms with Crippen molar-refractivity contribution >= 4 is 5.69 Å². The van der Waals surface area contributed by atoms with E-state index < -0.39 is 17.7 Å². The summed E-state index contributed by atoms with van der Waals surface area (Å²) in [4.78, 5) is 2.17. The van der Waals surface area contributed by atoms with Crippen LogP contribution in [-0.2, 0) is 0 Å². The quantitative estimate of drug-likeness (QED) is 0.843. The number of benzene rings is 1. The van der Waals surface area contributed by atoms with Crippen LogP contribution in [0.1, 0.15) is 12.8 Å². The Morgan fingerprint density at radius 3 is 2.72 bits per heavy atom. The number of β-amino-alcohol motifs (C(OH)–C–C–N with tert-alkyl or cyclic N) is 1. The molecule has 0 amide bonds. The number of aliphatic hydroxyl groups excluding tert-OH is 1. The molecule has 0 radical (unpaired) electrons. The zero-order chi connectivity index (χ0) is 13.0. The van der Waals surface area contributed by atoms with Gasteiger partial charge < -0.3 is 15.3 Å². The number of hydrogen-bond donors (Lipinski definition) is 2. The third-order valence-electron chi connectivity index (χ3n) is 3.15. The van der Waals surface area contributed by atoms with Crippen LogP contribution < -0.4 is 5.32 Å². The molecule has 1 aromatic rings. The molecule has 1 unspecified atom stereocenters. The van der Waals surface area contributed by atoms with Gasteiger partial charge in [-0.25, -0.2) is 8.78 Å². The van der Waals surface area contributed by atoms with E-state index in [1.54, 1.807) is 0 Å². The third-order valence-corrected chi connectivity index (χ3v) is 3.15. The zero-order valence-electron chi connectivity index (χ0n) is 10.2. The van der Waals surface area contributed by atoms with E-state index >= 15 is 0 Å². The van der Waals surface area contributed by atoms with Gasteiger partial charge in [0.05, 0.1) is 11.8 Å². The molecule has 2 N–H and O–H groups in total. The Morgan fingerprint density at radius 1 is 1.28 bits per heavy atom. The average Bonchev–Trinajstić information content (AvgIpc) is 2.84. The Balaban J connectivity index is 1.81. The molecule has 0 aliphatic carbocycles. The van der Waals surface area contributed by atoms with Crippen molar-refractivity contribution in [2.75, 3.05) is 31.5 Å². The molecular weight excluding hydrogens is 238 g/mol. The molecule has 0 saturated carbocycles. The Labute approximate surface area is 105 Å². The van der Waals surface area contributed by atoms with Crippen LogP contribution in [0.2, 0.25) is 0 Å². The molecular formula is C13H18F2N2O. The number of rotatable bonds is 5. The van der Waals surface area contributed by atoms with Gasteiger partial charge in [0.25, 0.3) is 0 Å². The maximum Gasteiger partial charge on any atom is 0.181 e. The van der Waals surface area contributed by atoms with Crippen LogP contribution in [0.15, 0.2) is 18.2 Å². The summed E-state index contributed by atoms with van der Waals surface area (Å²) in [5, 5.41) is 12.5. The molecule has 1 aliphatic rings. The van der Waals surface area contributed by atoms with Crippen LogP contribution in [0, 0.1) is 11.6 Å². The third kappa shape index (κ3) is 3.40. The summed E-state index contributed by atoms with van der Waals surface area (Å²) in [5.41, 5.74) is 0.0930. The fourth-order valence-electron chi connectivity index (χ4n) is 2.20. The molecule has 1 fully saturated rings. The van der Waals surface area contributed by atoms with Gasteiger partial charge in [0.1, 0.15) is 0 Å². The summed E-state index contributed by atoms with van der Waals surface area (Å²) in [7, 11) is 0. The first kappa shape index (κ1) is 13.2. The van der Waals surface area contributed by atoms with Crippen LogP contribution >= 0.6 is 0 Å². The predicted octanol–water partition coefficient (Wildman–Crippen LogP) is 1.83. The summed E-state index contributed by atoms with van der Waals surface area (Å²) < 4.78 is 26.3. The van der Waals surface area contributed by atoms with Crippen molar-refractivity contribution in [2.24, 2.45) is 0 Å². The van der Waals surface area contributed by atoms with Crippen molar-refractivity contribution in [1.29, 1.82) is 0 Å². The Morgan fingerprint density at radius 2 is 2.00 bits per heavy atom. The van der Waals surface area contributed by atoms with Gasteiger partial charge >= 0.3 is 0 Å². The lowest BCUT2D eigenvalue weighted by molar-refractivity contribution is 0.135. The number of hydrogen-bond acceptors (Lipinski definition) is 3. The summed E-state index contributed by atoms with van der Waals surface area (Å²) in [5.74, 6) is -1.78. The van der Waals surface area contributed by atoms with Crippen molar-refractivity contribution in [3.05, 3.63) is 29.8 Å². The first-order valence-electron chi connectivity index (χ1n) is 6.25. The van der Waals surface area contributed by atoms with Crippen molar-refractivity contribution in [1.82, 2.24) is 4.90 Å². The van der Waals surface area contributed by atoms with Gasteiger partial charge in [0.15, 0.2) is 11.6 Å². The van der Waals surface area contributed by atoms with E-state index in [-0.39, 0.29) is 12.2 Å². The van der Waals surface area contributed by atoms with Gasteiger partial charge in [-0.1, -0.05) is 6.07 Å². The smallest absolute Gasteiger partial charge is 0.181 e. The van der Waals surface area contributed by atoms with Gasteiger partial charge in [-0.05, 0) is 38.1 Å². The molecule has 0 spiro atoms. The molecule has 1 heterocycles. The lowest BCUT2D eigenvalue weighted by Gasteiger charge is -2.20. The molecule has 0 bridgehead atoms. The monoisotopic (exact) mass is 256 g/mol. The fourth-order valence-corrected chi connectivity index (χ4v) is 2.20. The largest absolute Gasteiger partial charge is 0.390 e. The highest BCUT2D eigenvalue weighted by atomic mass is 19.2. The zero-order valence-corrected chi connectivity index (χ0v) is 10.2. The van der Waals surface area contributed by atoms with Crippen molar-refractivity contribution in [3.8, 4) is 0 Å². The van der Waals surface area contributed by atoms with E-state index in [0.29, 0.717) is 6.54 Å². The minimum Gasteiger partial charge on any atom is -0.390 e. The second-order valence-electron chi connectivity index (χ2n) is 4.64. The van der Waals surface area contributed by atoms with E-state index in [1.165, 1.54) is 25.0 Å². The number of likely N-dealkylation sites (tertiary alicyclic amines) is 1. The van der Waals surface area contributed by atoms with E-state index in [1.807, 2.05) is 0 Å². The molecule has 0 aromatic heterocycles. The predicted molar refractivity (Wildman–Crippen MR) is 66.5 cm³/mol. The highest BCUT2D eigenvalue weighted by Gasteiger charge is 2.16. The van der Waals surface area contributed by atoms with Gasteiger partial charge in [-0.2, -0.15) is 0 Å². The molecule has 1 aliphatic heterocycles. The SMILES string of the molecule is OC(CNc1cccc(F)c1F)CN1CCCC1. The number of anilines is 1. The normalized spacial score (nSPS) is 17.9. The summed E-state index contributed by atoms with van der Waals surface area (Å²) >= 11 is 0. The van der Waals surface area contributed by atoms with Crippen LogP contribution in [0.5, 0.6) is 0 Å². The first-order chi connectivity index (χ1) is 8.66. The van der Waals surface area contributed by atoms with Crippen molar-refractivity contribution in [2.45, 2.75) is 18.9 Å². The van der Waals surface area contributed by atoms with Gasteiger partial charge in [-0.3, -0.25) is 0 Å². The van der Waals surface area contributed by atoms with Gasteiger partial charge in [0, 0.05) is 13.1 Å². The standard InChI is InChI=1S/C13H18F2N2O/c14-11-4-3-5-12(13(11)15)16-8-10(18)9-17-6-1-2-7-17/h3-5,10,16,18H,1-2,6-9H2. The van der Waals surface area contributed by atoms with E-state index in [4.69, 9.17) is 0 Å². The van der Waals surface area contributed by atoms with E-state index in [0.717, 1.165) is 19.2 Å². The van der Waals surface area contributed by atoms with Crippen molar-refractivity contribution < 1.29 is 13.9 Å². The van der Waals surface area contributed by atoms with Crippen LogP contribution in [-0.4, -0.2) is 42.3 Å². The molecule has 1 aromatic carbocycles. The van der Waals surface area contributed by atoms with E-state index in [2.05, 4.69) is 10.2 Å². The topological polar surface area (TPSA) is 35.5 Å². The summed E-state index contributed by atoms with van der Waals surface area (Å²) in [6, 6.07) is 3.97. The lowest BCUT2D eigenvalue weighted by Crippen LogP contribution is -2.34.